The second-order valence-electron chi connectivity index (χ2n) is 6.94. The number of carbonyl (C=O) groups excluding carboxylic acids is 1. The summed E-state index contributed by atoms with van der Waals surface area (Å²) in [6, 6.07) is 16.4. The molecule has 1 amide bonds. The Morgan fingerprint density at radius 3 is 2.50 bits per heavy atom. The highest BCUT2D eigenvalue weighted by Gasteiger charge is 2.14. The predicted molar refractivity (Wildman–Crippen MR) is 109 cm³/mol. The summed E-state index contributed by atoms with van der Waals surface area (Å²) < 4.78 is 5.53. The second-order valence-corrected chi connectivity index (χ2v) is 6.94. The Morgan fingerprint density at radius 2 is 1.88 bits per heavy atom. The van der Waals surface area contributed by atoms with Crippen molar-refractivity contribution in [2.24, 2.45) is 5.92 Å². The van der Waals surface area contributed by atoms with E-state index in [4.69, 9.17) is 4.74 Å². The lowest BCUT2D eigenvalue weighted by Crippen LogP contribution is -2.27. The molecule has 0 atom stereocenters. The Balaban J connectivity index is 2.25. The van der Waals surface area contributed by atoms with Gasteiger partial charge in [-0.1, -0.05) is 51.1 Å². The Kier molecular flexibility index (Phi) is 7.52. The van der Waals surface area contributed by atoms with E-state index < -0.39 is 0 Å². The fraction of sp³-hybridized carbons (Fsp3) is 0.409. The van der Waals surface area contributed by atoms with Crippen molar-refractivity contribution in [2.75, 3.05) is 23.9 Å². The van der Waals surface area contributed by atoms with Crippen LogP contribution in [-0.2, 0) is 11.3 Å². The summed E-state index contributed by atoms with van der Waals surface area (Å²) in [6.45, 7) is 8.21. The highest BCUT2D eigenvalue weighted by Crippen LogP contribution is 2.31. The molecule has 0 aliphatic carbocycles. The first kappa shape index (κ1) is 19.8. The van der Waals surface area contributed by atoms with Crippen molar-refractivity contribution >= 4 is 17.3 Å². The van der Waals surface area contributed by atoms with Crippen LogP contribution >= 0.6 is 0 Å². The summed E-state index contributed by atoms with van der Waals surface area (Å²) in [5, 5.41) is 2.94. The minimum Gasteiger partial charge on any atom is -0.494 e. The Hall–Kier alpha value is -2.49. The van der Waals surface area contributed by atoms with Gasteiger partial charge < -0.3 is 15.0 Å². The van der Waals surface area contributed by atoms with E-state index in [-0.39, 0.29) is 5.91 Å². The highest BCUT2D eigenvalue weighted by atomic mass is 16.5. The number of nitrogens with zero attached hydrogens (tertiary/aromatic N) is 1. The van der Waals surface area contributed by atoms with Crippen LogP contribution < -0.4 is 15.0 Å². The van der Waals surface area contributed by atoms with Crippen LogP contribution in [0.1, 0.15) is 39.2 Å². The number of anilines is 2. The van der Waals surface area contributed by atoms with Gasteiger partial charge in [0.2, 0.25) is 5.91 Å². The second kappa shape index (κ2) is 9.85. The molecule has 26 heavy (non-hydrogen) atoms. The van der Waals surface area contributed by atoms with Crippen molar-refractivity contribution in [3.8, 4) is 5.75 Å². The summed E-state index contributed by atoms with van der Waals surface area (Å²) >= 11 is 0. The highest BCUT2D eigenvalue weighted by molar-refractivity contribution is 5.92. The molecule has 0 heterocycles. The van der Waals surface area contributed by atoms with Gasteiger partial charge in [0, 0.05) is 31.3 Å². The molecule has 0 aromatic heterocycles. The molecular weight excluding hydrogens is 324 g/mol. The third-order valence-electron chi connectivity index (χ3n) is 4.10. The third kappa shape index (κ3) is 5.80. The summed E-state index contributed by atoms with van der Waals surface area (Å²) in [5.41, 5.74) is 3.08. The molecule has 4 nitrogen and oxygen atoms in total. The normalized spacial score (nSPS) is 10.7. The van der Waals surface area contributed by atoms with Crippen LogP contribution in [0.5, 0.6) is 5.75 Å². The first-order chi connectivity index (χ1) is 12.5. The topological polar surface area (TPSA) is 41.6 Å². The molecular formula is C22H30N2O2. The lowest BCUT2D eigenvalue weighted by molar-refractivity contribution is -0.116. The molecule has 0 bridgehead atoms. The maximum Gasteiger partial charge on any atom is 0.224 e. The van der Waals surface area contributed by atoms with Crippen molar-refractivity contribution in [1.29, 1.82) is 0 Å². The maximum absolute atomic E-state index is 11.9. The molecule has 0 fully saturated rings. The van der Waals surface area contributed by atoms with Crippen molar-refractivity contribution < 1.29 is 9.53 Å². The first-order valence-corrected chi connectivity index (χ1v) is 9.30. The summed E-state index contributed by atoms with van der Waals surface area (Å²) in [6.07, 6.45) is 1.34. The van der Waals surface area contributed by atoms with Crippen LogP contribution in [0.2, 0.25) is 0 Å². The van der Waals surface area contributed by atoms with Crippen molar-refractivity contribution in [2.45, 2.75) is 40.2 Å². The zero-order valence-electron chi connectivity index (χ0n) is 16.3. The quantitative estimate of drug-likeness (QED) is 0.681. The van der Waals surface area contributed by atoms with Gasteiger partial charge in [-0.3, -0.25) is 4.79 Å². The fourth-order valence-electron chi connectivity index (χ4n) is 2.93. The van der Waals surface area contributed by atoms with Crippen LogP contribution in [0, 0.1) is 5.92 Å². The molecule has 140 valence electrons. The number of methoxy groups -OCH3 is 1. The van der Waals surface area contributed by atoms with Gasteiger partial charge in [0.1, 0.15) is 5.75 Å². The van der Waals surface area contributed by atoms with E-state index >= 15 is 0 Å². The monoisotopic (exact) mass is 354 g/mol. The number of hydrogen-bond donors (Lipinski definition) is 1. The molecule has 2 aromatic rings. The van der Waals surface area contributed by atoms with Gasteiger partial charge in [-0.15, -0.1) is 0 Å². The van der Waals surface area contributed by atoms with Gasteiger partial charge in [-0.05, 0) is 30.0 Å². The van der Waals surface area contributed by atoms with Gasteiger partial charge in [-0.2, -0.15) is 0 Å². The summed E-state index contributed by atoms with van der Waals surface area (Å²) in [5.74, 6) is 1.24. The zero-order chi connectivity index (χ0) is 18.9. The molecule has 2 rings (SSSR count). The van der Waals surface area contributed by atoms with Gasteiger partial charge in [-0.25, -0.2) is 0 Å². The molecule has 0 radical (unpaired) electrons. The summed E-state index contributed by atoms with van der Waals surface area (Å²) in [7, 11) is 1.64. The number of amides is 1. The zero-order valence-corrected chi connectivity index (χ0v) is 16.3. The first-order valence-electron chi connectivity index (χ1n) is 9.30. The standard InChI is InChI=1S/C22H30N2O2/c1-5-9-22(25)23-20-13-12-19(14-21(20)26-4)24(15-17(2)3)16-18-10-7-6-8-11-18/h6-8,10-14,17H,5,9,15-16H2,1-4H3,(H,23,25). The Morgan fingerprint density at radius 1 is 1.15 bits per heavy atom. The number of ether oxygens (including phenoxy) is 1. The van der Waals surface area contributed by atoms with Crippen LogP contribution in [0.4, 0.5) is 11.4 Å². The SMILES string of the molecule is CCCC(=O)Nc1ccc(N(Cc2ccccc2)CC(C)C)cc1OC. The number of hydrogen-bond acceptors (Lipinski definition) is 3. The number of rotatable bonds is 9. The van der Waals surface area contributed by atoms with E-state index in [0.29, 0.717) is 18.1 Å². The number of carbonyl (C=O) groups is 1. The third-order valence-corrected chi connectivity index (χ3v) is 4.10. The van der Waals surface area contributed by atoms with Gasteiger partial charge in [0.15, 0.2) is 0 Å². The molecule has 0 saturated carbocycles. The van der Waals surface area contributed by atoms with Crippen LogP contribution in [0.25, 0.3) is 0 Å². The molecule has 1 N–H and O–H groups in total. The minimum atomic E-state index is 0.0156. The molecule has 0 unspecified atom stereocenters. The molecule has 2 aromatic carbocycles. The molecule has 0 spiro atoms. The van der Waals surface area contributed by atoms with Crippen LogP contribution in [0.15, 0.2) is 48.5 Å². The minimum absolute atomic E-state index is 0.0156. The van der Waals surface area contributed by atoms with E-state index in [2.05, 4.69) is 54.4 Å². The van der Waals surface area contributed by atoms with E-state index in [0.717, 1.165) is 30.9 Å². The fourth-order valence-corrected chi connectivity index (χ4v) is 2.93. The molecule has 0 aliphatic rings. The van der Waals surface area contributed by atoms with Crippen molar-refractivity contribution in [3.05, 3.63) is 54.1 Å². The smallest absolute Gasteiger partial charge is 0.224 e. The van der Waals surface area contributed by atoms with Crippen LogP contribution in [0.3, 0.4) is 0 Å². The maximum atomic E-state index is 11.9. The van der Waals surface area contributed by atoms with Gasteiger partial charge in [0.25, 0.3) is 0 Å². The Labute approximate surface area is 157 Å². The average molecular weight is 354 g/mol. The van der Waals surface area contributed by atoms with Crippen molar-refractivity contribution in [1.82, 2.24) is 0 Å². The van der Waals surface area contributed by atoms with Gasteiger partial charge in [0.05, 0.1) is 12.8 Å². The van der Waals surface area contributed by atoms with E-state index in [1.54, 1.807) is 7.11 Å². The van der Waals surface area contributed by atoms with E-state index in [1.165, 1.54) is 5.56 Å². The molecule has 0 saturated heterocycles. The number of nitrogens with one attached hydrogen (secondary N) is 1. The lowest BCUT2D eigenvalue weighted by Gasteiger charge is -2.28. The number of benzene rings is 2. The average Bonchev–Trinajstić information content (AvgIpc) is 2.62. The lowest BCUT2D eigenvalue weighted by atomic mass is 10.1. The summed E-state index contributed by atoms with van der Waals surface area (Å²) in [4.78, 5) is 14.3. The molecule has 4 heteroatoms. The van der Waals surface area contributed by atoms with Gasteiger partial charge >= 0.3 is 0 Å². The van der Waals surface area contributed by atoms with Crippen molar-refractivity contribution in [3.63, 3.8) is 0 Å². The Bertz CT molecular complexity index is 699. The van der Waals surface area contributed by atoms with E-state index in [1.807, 2.05) is 25.1 Å². The molecule has 0 aliphatic heterocycles. The predicted octanol–water partition coefficient (Wildman–Crippen LogP) is 5.10. The van der Waals surface area contributed by atoms with Crippen LogP contribution in [-0.4, -0.2) is 19.6 Å². The van der Waals surface area contributed by atoms with E-state index in [9.17, 15) is 4.79 Å². The largest absolute Gasteiger partial charge is 0.494 e.